The molecule has 1 N–H and O–H groups in total. The van der Waals surface area contributed by atoms with Crippen molar-refractivity contribution < 1.29 is 9.68 Å². The first-order chi connectivity index (χ1) is 15.3. The summed E-state index contributed by atoms with van der Waals surface area (Å²) in [6.07, 6.45) is 0. The Morgan fingerprint density at radius 3 is 2.10 bits per heavy atom. The van der Waals surface area contributed by atoms with Crippen molar-refractivity contribution in [2.45, 2.75) is 0 Å². The summed E-state index contributed by atoms with van der Waals surface area (Å²) in [7, 11) is -0.318. The van der Waals surface area contributed by atoms with Gasteiger partial charge in [0.15, 0.2) is 0 Å². The predicted octanol–water partition coefficient (Wildman–Crippen LogP) is 6.60. The summed E-state index contributed by atoms with van der Waals surface area (Å²) in [5, 5.41) is 18.9. The van der Waals surface area contributed by atoms with Gasteiger partial charge in [0, 0.05) is 0 Å². The second kappa shape index (κ2) is 7.15. The lowest BCUT2D eigenvalue weighted by Gasteiger charge is -2.14. The summed E-state index contributed by atoms with van der Waals surface area (Å²) in [6, 6.07) is 36.4. The normalized spacial score (nSPS) is 11.4. The van der Waals surface area contributed by atoms with Crippen molar-refractivity contribution in [3.8, 4) is 16.9 Å². The van der Waals surface area contributed by atoms with Crippen molar-refractivity contribution in [2.24, 2.45) is 0 Å². The minimum Gasteiger partial charge on any atom is -0.539 e. The number of rotatable bonds is 3. The molecule has 6 aromatic carbocycles. The zero-order chi connectivity index (χ0) is 20.8. The Balaban J connectivity index is 1.64. The van der Waals surface area contributed by atoms with E-state index in [1.807, 2.05) is 18.2 Å². The minimum absolute atomic E-state index is 0.318. The van der Waals surface area contributed by atoms with E-state index < -0.39 is 0 Å². The molecule has 0 saturated carbocycles. The lowest BCUT2D eigenvalue weighted by Crippen LogP contribution is -1.99. The molecule has 0 unspecified atom stereocenters. The molecule has 0 atom stereocenters. The molecule has 31 heavy (non-hydrogen) atoms. The molecule has 0 bridgehead atoms. The molecule has 0 fully saturated rings. The standard InChI is InChI=1S/C28H19BO2/c30-29-31-23-14-13-19-15-21(11-10-20(19)16-23)27-17-22-12-9-18-5-1-2-6-24(18)28(22)26-8-4-3-7-25(26)27/h1-17,29-30H. The van der Waals surface area contributed by atoms with Crippen molar-refractivity contribution in [2.75, 3.05) is 0 Å². The van der Waals surface area contributed by atoms with E-state index in [1.54, 1.807) is 0 Å². The van der Waals surface area contributed by atoms with Crippen LogP contribution < -0.4 is 4.65 Å². The fraction of sp³-hybridized carbons (Fsp3) is 0. The Kier molecular flexibility index (Phi) is 4.15. The first-order valence-electron chi connectivity index (χ1n) is 10.4. The number of hydrogen-bond acceptors (Lipinski definition) is 2. The van der Waals surface area contributed by atoms with Gasteiger partial charge in [0.2, 0.25) is 0 Å². The van der Waals surface area contributed by atoms with E-state index in [-0.39, 0.29) is 7.69 Å². The zero-order valence-corrected chi connectivity index (χ0v) is 16.9. The van der Waals surface area contributed by atoms with Gasteiger partial charge in [-0.1, -0.05) is 78.9 Å². The summed E-state index contributed by atoms with van der Waals surface area (Å²) < 4.78 is 5.23. The van der Waals surface area contributed by atoms with Gasteiger partial charge >= 0.3 is 7.69 Å². The van der Waals surface area contributed by atoms with Crippen molar-refractivity contribution in [3.05, 3.63) is 103 Å². The van der Waals surface area contributed by atoms with Crippen LogP contribution in [0.5, 0.6) is 5.75 Å². The minimum atomic E-state index is -0.318. The first-order valence-corrected chi connectivity index (χ1v) is 10.4. The molecule has 2 nitrogen and oxygen atoms in total. The highest BCUT2D eigenvalue weighted by atomic mass is 16.5. The van der Waals surface area contributed by atoms with Crippen LogP contribution in [-0.4, -0.2) is 12.7 Å². The molecule has 0 spiro atoms. The largest absolute Gasteiger partial charge is 0.539 e. The van der Waals surface area contributed by atoms with Gasteiger partial charge in [0.1, 0.15) is 5.75 Å². The molecule has 0 saturated heterocycles. The van der Waals surface area contributed by atoms with Crippen LogP contribution >= 0.6 is 0 Å². The summed E-state index contributed by atoms with van der Waals surface area (Å²) in [5.74, 6) is 0.672. The van der Waals surface area contributed by atoms with Crippen LogP contribution in [0.3, 0.4) is 0 Å². The highest BCUT2D eigenvalue weighted by Crippen LogP contribution is 2.39. The van der Waals surface area contributed by atoms with Crippen LogP contribution in [0.2, 0.25) is 0 Å². The summed E-state index contributed by atoms with van der Waals surface area (Å²) in [5.41, 5.74) is 2.42. The zero-order valence-electron chi connectivity index (χ0n) is 16.9. The van der Waals surface area contributed by atoms with Gasteiger partial charge in [-0.2, -0.15) is 0 Å². The average Bonchev–Trinajstić information content (AvgIpc) is 2.83. The average molecular weight is 398 g/mol. The molecular formula is C28H19BO2. The third-order valence-electron chi connectivity index (χ3n) is 6.10. The summed E-state index contributed by atoms with van der Waals surface area (Å²) >= 11 is 0. The van der Waals surface area contributed by atoms with Crippen LogP contribution in [0.15, 0.2) is 103 Å². The monoisotopic (exact) mass is 398 g/mol. The van der Waals surface area contributed by atoms with Crippen LogP contribution in [0.4, 0.5) is 0 Å². The molecule has 3 heteroatoms. The second-order valence-corrected chi connectivity index (χ2v) is 7.85. The van der Waals surface area contributed by atoms with Gasteiger partial charge in [-0.25, -0.2) is 0 Å². The van der Waals surface area contributed by atoms with Crippen LogP contribution in [-0.2, 0) is 0 Å². The first kappa shape index (κ1) is 18.0. The molecule has 0 aromatic heterocycles. The highest BCUT2D eigenvalue weighted by molar-refractivity contribution is 6.23. The molecule has 0 aliphatic carbocycles. The molecule has 6 rings (SSSR count). The quantitative estimate of drug-likeness (QED) is 0.269. The van der Waals surface area contributed by atoms with Gasteiger partial charge in [-0.3, -0.25) is 0 Å². The Bertz CT molecular complexity index is 1600. The molecule has 0 aliphatic heterocycles. The third kappa shape index (κ3) is 2.94. The SMILES string of the molecule is OBOc1ccc2cc(-c3cc4ccc5ccccc5c4c4ccccc34)ccc2c1. The van der Waals surface area contributed by atoms with E-state index in [9.17, 15) is 0 Å². The lowest BCUT2D eigenvalue weighted by molar-refractivity contribution is 0.454. The van der Waals surface area contributed by atoms with Crippen molar-refractivity contribution in [1.82, 2.24) is 0 Å². The van der Waals surface area contributed by atoms with E-state index in [0.717, 1.165) is 10.8 Å². The molecule has 0 radical (unpaired) electrons. The van der Waals surface area contributed by atoms with Gasteiger partial charge < -0.3 is 9.68 Å². The number of fused-ring (bicyclic) bond motifs is 6. The fourth-order valence-electron chi connectivity index (χ4n) is 4.67. The van der Waals surface area contributed by atoms with E-state index in [1.165, 1.54) is 43.4 Å². The highest BCUT2D eigenvalue weighted by Gasteiger charge is 2.11. The summed E-state index contributed by atoms with van der Waals surface area (Å²) in [4.78, 5) is 0. The van der Waals surface area contributed by atoms with Crippen LogP contribution in [0.25, 0.3) is 54.2 Å². The Hall–Kier alpha value is -3.82. The molecule has 146 valence electrons. The van der Waals surface area contributed by atoms with Crippen LogP contribution in [0.1, 0.15) is 0 Å². The molecule has 0 aliphatic rings. The maximum absolute atomic E-state index is 9.02. The topological polar surface area (TPSA) is 29.5 Å². The van der Waals surface area contributed by atoms with Crippen molar-refractivity contribution >= 4 is 50.8 Å². The third-order valence-corrected chi connectivity index (χ3v) is 6.10. The number of benzene rings is 6. The molecule has 0 heterocycles. The van der Waals surface area contributed by atoms with E-state index >= 15 is 0 Å². The van der Waals surface area contributed by atoms with Gasteiger partial charge in [0.25, 0.3) is 0 Å². The fourth-order valence-corrected chi connectivity index (χ4v) is 4.67. The number of hydrogen-bond donors (Lipinski definition) is 1. The lowest BCUT2D eigenvalue weighted by atomic mass is 9.90. The molecule has 6 aromatic rings. The maximum atomic E-state index is 9.02. The maximum Gasteiger partial charge on any atom is 0.504 e. The van der Waals surface area contributed by atoms with Crippen LogP contribution in [0, 0.1) is 0 Å². The Morgan fingerprint density at radius 2 is 1.23 bits per heavy atom. The van der Waals surface area contributed by atoms with E-state index in [2.05, 4.69) is 84.9 Å². The van der Waals surface area contributed by atoms with Gasteiger partial charge in [-0.15, -0.1) is 0 Å². The smallest absolute Gasteiger partial charge is 0.504 e. The molecular weight excluding hydrogens is 379 g/mol. The Labute approximate surface area is 180 Å². The Morgan fingerprint density at radius 1 is 0.548 bits per heavy atom. The predicted molar refractivity (Wildman–Crippen MR) is 132 cm³/mol. The van der Waals surface area contributed by atoms with E-state index in [4.69, 9.17) is 9.68 Å². The molecule has 0 amide bonds. The van der Waals surface area contributed by atoms with Gasteiger partial charge in [-0.05, 0) is 78.5 Å². The second-order valence-electron chi connectivity index (χ2n) is 7.85. The van der Waals surface area contributed by atoms with Crippen molar-refractivity contribution in [1.29, 1.82) is 0 Å². The van der Waals surface area contributed by atoms with E-state index in [0.29, 0.717) is 5.75 Å². The van der Waals surface area contributed by atoms with Crippen molar-refractivity contribution in [3.63, 3.8) is 0 Å². The van der Waals surface area contributed by atoms with Gasteiger partial charge in [0.05, 0.1) is 0 Å². The summed E-state index contributed by atoms with van der Waals surface area (Å²) in [6.45, 7) is 0.